The van der Waals surface area contributed by atoms with E-state index >= 15 is 0 Å². The fourth-order valence-electron chi connectivity index (χ4n) is 4.09. The van der Waals surface area contributed by atoms with Gasteiger partial charge in [0.1, 0.15) is 5.82 Å². The van der Waals surface area contributed by atoms with E-state index in [1.54, 1.807) is 0 Å². The fraction of sp³-hybridized carbons (Fsp3) is 0.375. The van der Waals surface area contributed by atoms with Gasteiger partial charge in [-0.15, -0.1) is 0 Å². The highest BCUT2D eigenvalue weighted by Gasteiger charge is 2.23. The van der Waals surface area contributed by atoms with Gasteiger partial charge in [0.15, 0.2) is 0 Å². The topological polar surface area (TPSA) is 82.2 Å². The number of aromatic nitrogens is 2. The van der Waals surface area contributed by atoms with Gasteiger partial charge in [0.2, 0.25) is 5.95 Å². The summed E-state index contributed by atoms with van der Waals surface area (Å²) in [4.78, 5) is 23.8. The maximum Gasteiger partial charge on any atom is 0.319 e. The van der Waals surface area contributed by atoms with Gasteiger partial charge >= 0.3 is 6.03 Å². The molecule has 1 aromatic heterocycles. The summed E-state index contributed by atoms with van der Waals surface area (Å²) in [5, 5.41) is 10.6. The van der Waals surface area contributed by atoms with Gasteiger partial charge in [-0.3, -0.25) is 0 Å². The molecule has 0 radical (unpaired) electrons. The summed E-state index contributed by atoms with van der Waals surface area (Å²) >= 11 is 0. The van der Waals surface area contributed by atoms with Crippen molar-refractivity contribution >= 4 is 34.4 Å². The number of nitrogens with one attached hydrogen (secondary N) is 3. The molecule has 1 saturated carbocycles. The molecule has 2 aromatic carbocycles. The number of hydrogen-bond acceptors (Lipinski definition) is 5. The number of amides is 2. The minimum atomic E-state index is -0.140. The highest BCUT2D eigenvalue weighted by atomic mass is 16.2. The molecular weight excluding hydrogens is 388 g/mol. The first kappa shape index (κ1) is 20.9. The predicted molar refractivity (Wildman–Crippen MR) is 127 cm³/mol. The Kier molecular flexibility index (Phi) is 6.21. The number of nitrogens with zero attached hydrogens (tertiary/aromatic N) is 3. The molecule has 1 heterocycles. The van der Waals surface area contributed by atoms with Crippen molar-refractivity contribution in [3.8, 4) is 0 Å². The Hall–Kier alpha value is -3.35. The molecule has 162 valence electrons. The summed E-state index contributed by atoms with van der Waals surface area (Å²) in [6.07, 6.45) is 3.77. The van der Waals surface area contributed by atoms with E-state index in [2.05, 4.69) is 16.0 Å². The zero-order valence-electron chi connectivity index (χ0n) is 18.4. The smallest absolute Gasteiger partial charge is 0.319 e. The molecule has 0 spiro atoms. The number of benzene rings is 2. The van der Waals surface area contributed by atoms with Crippen molar-refractivity contribution in [1.29, 1.82) is 0 Å². The normalized spacial score (nSPS) is 18.4. The van der Waals surface area contributed by atoms with Crippen molar-refractivity contribution < 1.29 is 4.79 Å². The zero-order chi connectivity index (χ0) is 21.8. The van der Waals surface area contributed by atoms with Crippen molar-refractivity contribution in [3.63, 3.8) is 0 Å². The minimum Gasteiger partial charge on any atom is -0.362 e. The summed E-state index contributed by atoms with van der Waals surface area (Å²) < 4.78 is 0. The van der Waals surface area contributed by atoms with E-state index in [0.29, 0.717) is 12.0 Å². The lowest BCUT2D eigenvalue weighted by atomic mass is 9.91. The Balaban J connectivity index is 1.33. The second kappa shape index (κ2) is 9.20. The molecular formula is C24H30N6O. The van der Waals surface area contributed by atoms with Gasteiger partial charge in [0, 0.05) is 37.3 Å². The van der Waals surface area contributed by atoms with Crippen molar-refractivity contribution in [2.24, 2.45) is 0 Å². The molecule has 7 heteroatoms. The van der Waals surface area contributed by atoms with Crippen LogP contribution in [-0.4, -0.2) is 42.2 Å². The fourth-order valence-corrected chi connectivity index (χ4v) is 4.09. The molecule has 0 saturated heterocycles. The number of fused-ring (bicyclic) bond motifs is 1. The van der Waals surface area contributed by atoms with E-state index in [0.717, 1.165) is 53.7 Å². The van der Waals surface area contributed by atoms with Crippen LogP contribution in [0, 0.1) is 6.92 Å². The molecule has 3 N–H and O–H groups in total. The lowest BCUT2D eigenvalue weighted by Crippen LogP contribution is -2.42. The quantitative estimate of drug-likeness (QED) is 0.566. The van der Waals surface area contributed by atoms with Crippen LogP contribution in [0.2, 0.25) is 0 Å². The third kappa shape index (κ3) is 5.05. The second-order valence-electron chi connectivity index (χ2n) is 8.39. The summed E-state index contributed by atoms with van der Waals surface area (Å²) in [6.45, 7) is 1.99. The van der Waals surface area contributed by atoms with Gasteiger partial charge in [0.05, 0.1) is 5.52 Å². The highest BCUT2D eigenvalue weighted by Crippen LogP contribution is 2.26. The largest absolute Gasteiger partial charge is 0.362 e. The third-order valence-electron chi connectivity index (χ3n) is 5.80. The van der Waals surface area contributed by atoms with Crippen molar-refractivity contribution in [1.82, 2.24) is 15.3 Å². The summed E-state index contributed by atoms with van der Waals surface area (Å²) in [6, 6.07) is 16.2. The maximum atomic E-state index is 12.4. The van der Waals surface area contributed by atoms with Crippen molar-refractivity contribution in [2.75, 3.05) is 29.6 Å². The number of urea groups is 1. The second-order valence-corrected chi connectivity index (χ2v) is 8.39. The van der Waals surface area contributed by atoms with Crippen LogP contribution in [0.1, 0.15) is 31.2 Å². The van der Waals surface area contributed by atoms with Crippen LogP contribution in [0.5, 0.6) is 0 Å². The predicted octanol–water partition coefficient (Wildman–Crippen LogP) is 4.55. The summed E-state index contributed by atoms with van der Waals surface area (Å²) in [5.74, 6) is 1.58. The standard InChI is InChI=1S/C24H30N6O/c1-16-8-4-6-10-20(16)28-24(31)26-18-14-12-17(13-15-18)25-23-27-21-11-7-5-9-19(21)22(29-23)30(2)3/h4-11,17-18H,12-15H2,1-3H3,(H,25,27,29)(H2,26,28,31)/t17-,18+. The molecule has 2 amide bonds. The average Bonchev–Trinajstić information content (AvgIpc) is 2.76. The Morgan fingerprint density at radius 1 is 0.935 bits per heavy atom. The van der Waals surface area contributed by atoms with E-state index in [9.17, 15) is 4.79 Å². The molecule has 3 aromatic rings. The highest BCUT2D eigenvalue weighted by molar-refractivity contribution is 5.91. The first-order valence-electron chi connectivity index (χ1n) is 10.8. The lowest BCUT2D eigenvalue weighted by molar-refractivity contribution is 0.243. The van der Waals surface area contributed by atoms with Gasteiger partial charge in [0.25, 0.3) is 0 Å². The van der Waals surface area contributed by atoms with Crippen LogP contribution in [-0.2, 0) is 0 Å². The number of anilines is 3. The van der Waals surface area contributed by atoms with Crippen molar-refractivity contribution in [2.45, 2.75) is 44.7 Å². The van der Waals surface area contributed by atoms with Crippen LogP contribution < -0.4 is 20.9 Å². The lowest BCUT2D eigenvalue weighted by Gasteiger charge is -2.30. The van der Waals surface area contributed by atoms with Gasteiger partial charge in [-0.2, -0.15) is 4.98 Å². The van der Waals surface area contributed by atoms with Crippen LogP contribution in [0.15, 0.2) is 48.5 Å². The van der Waals surface area contributed by atoms with Gasteiger partial charge < -0.3 is 20.9 Å². The van der Waals surface area contributed by atoms with Crippen LogP contribution in [0.25, 0.3) is 10.9 Å². The van der Waals surface area contributed by atoms with Gasteiger partial charge in [-0.25, -0.2) is 9.78 Å². The minimum absolute atomic E-state index is 0.140. The molecule has 7 nitrogen and oxygen atoms in total. The molecule has 1 fully saturated rings. The Labute approximate surface area is 183 Å². The molecule has 4 rings (SSSR count). The average molecular weight is 419 g/mol. The summed E-state index contributed by atoms with van der Waals surface area (Å²) in [5.41, 5.74) is 2.84. The number of hydrogen-bond donors (Lipinski definition) is 3. The molecule has 31 heavy (non-hydrogen) atoms. The number of carbonyl (C=O) groups is 1. The van der Waals surface area contributed by atoms with E-state index < -0.39 is 0 Å². The number of aryl methyl sites for hydroxylation is 1. The number of rotatable bonds is 5. The van der Waals surface area contributed by atoms with E-state index in [4.69, 9.17) is 9.97 Å². The number of para-hydroxylation sites is 2. The van der Waals surface area contributed by atoms with E-state index in [1.807, 2.05) is 74.4 Å². The van der Waals surface area contributed by atoms with Gasteiger partial charge in [-0.1, -0.05) is 30.3 Å². The van der Waals surface area contributed by atoms with E-state index in [-0.39, 0.29) is 12.1 Å². The Morgan fingerprint density at radius 3 is 2.35 bits per heavy atom. The van der Waals surface area contributed by atoms with Crippen molar-refractivity contribution in [3.05, 3.63) is 54.1 Å². The van der Waals surface area contributed by atoms with Crippen LogP contribution >= 0.6 is 0 Å². The Morgan fingerprint density at radius 2 is 1.61 bits per heavy atom. The zero-order valence-corrected chi connectivity index (χ0v) is 18.4. The third-order valence-corrected chi connectivity index (χ3v) is 5.80. The molecule has 1 aliphatic rings. The Bertz CT molecular complexity index is 1060. The SMILES string of the molecule is Cc1ccccc1NC(=O)N[C@H]1CC[C@@H](Nc2nc(N(C)C)c3ccccc3n2)CC1. The molecule has 0 atom stereocenters. The first-order chi connectivity index (χ1) is 15.0. The van der Waals surface area contributed by atoms with E-state index in [1.165, 1.54) is 0 Å². The number of carbonyl (C=O) groups excluding carboxylic acids is 1. The summed E-state index contributed by atoms with van der Waals surface area (Å²) in [7, 11) is 3.99. The first-order valence-corrected chi connectivity index (χ1v) is 10.8. The molecule has 0 aliphatic heterocycles. The van der Waals surface area contributed by atoms with Crippen LogP contribution in [0.3, 0.4) is 0 Å². The molecule has 1 aliphatic carbocycles. The maximum absolute atomic E-state index is 12.4. The van der Waals surface area contributed by atoms with Gasteiger partial charge in [-0.05, 0) is 56.4 Å². The monoisotopic (exact) mass is 418 g/mol. The molecule has 0 bridgehead atoms. The molecule has 0 unspecified atom stereocenters. The van der Waals surface area contributed by atoms with Crippen LogP contribution in [0.4, 0.5) is 22.2 Å².